The van der Waals surface area contributed by atoms with Crippen LogP contribution in [0.3, 0.4) is 0 Å². The van der Waals surface area contributed by atoms with Gasteiger partial charge >= 0.3 is 0 Å². The van der Waals surface area contributed by atoms with Crippen LogP contribution in [0.1, 0.15) is 41.5 Å². The summed E-state index contributed by atoms with van der Waals surface area (Å²) < 4.78 is 0. The Balaban J connectivity index is 3.82. The van der Waals surface area contributed by atoms with Crippen molar-refractivity contribution in [3.8, 4) is 0 Å². The van der Waals surface area contributed by atoms with Crippen LogP contribution in [0.15, 0.2) is 0 Å². The fourth-order valence-electron chi connectivity index (χ4n) is 1.17. The van der Waals surface area contributed by atoms with Crippen LogP contribution in [0.5, 0.6) is 0 Å². The number of hydrogen-bond donors (Lipinski definition) is 2. The van der Waals surface area contributed by atoms with Crippen LogP contribution >= 0.6 is 24.4 Å². The second kappa shape index (κ2) is 8.36. The molecule has 3 unspecified atom stereocenters. The van der Waals surface area contributed by atoms with Crippen LogP contribution in [0.4, 0.5) is 0 Å². The summed E-state index contributed by atoms with van der Waals surface area (Å²) in [5.41, 5.74) is 0.151. The Hall–Kier alpha value is 0.170. The molecule has 108 valence electrons. The predicted molar refractivity (Wildman–Crippen MR) is 86.6 cm³/mol. The quantitative estimate of drug-likeness (QED) is 0.703. The molecule has 0 saturated heterocycles. The van der Waals surface area contributed by atoms with Crippen molar-refractivity contribution < 1.29 is 4.79 Å². The van der Waals surface area contributed by atoms with E-state index in [1.807, 2.05) is 18.7 Å². The van der Waals surface area contributed by atoms with Gasteiger partial charge in [-0.2, -0.15) is 24.4 Å². The first-order chi connectivity index (χ1) is 8.13. The molecule has 18 heavy (non-hydrogen) atoms. The van der Waals surface area contributed by atoms with Crippen LogP contribution in [0.2, 0.25) is 0 Å². The van der Waals surface area contributed by atoms with E-state index < -0.39 is 0 Å². The molecule has 0 aliphatic carbocycles. The van der Waals surface area contributed by atoms with E-state index in [4.69, 9.17) is 0 Å². The summed E-state index contributed by atoms with van der Waals surface area (Å²) in [6, 6.07) is 0. The third-order valence-corrected chi connectivity index (χ3v) is 4.82. The molecule has 4 heteroatoms. The molecular formula is C14H29NOS2. The molecule has 2 nitrogen and oxygen atoms in total. The summed E-state index contributed by atoms with van der Waals surface area (Å²) >= 11 is 6.28. The fourth-order valence-corrected chi connectivity index (χ4v) is 2.72. The van der Waals surface area contributed by atoms with Crippen molar-refractivity contribution in [3.05, 3.63) is 0 Å². The van der Waals surface area contributed by atoms with E-state index in [1.54, 1.807) is 0 Å². The minimum Gasteiger partial charge on any atom is -0.355 e. The molecule has 0 aliphatic heterocycles. The van der Waals surface area contributed by atoms with Crippen LogP contribution in [0, 0.1) is 17.3 Å². The number of thioether (sulfide) groups is 1. The number of carbonyl (C=O) groups is 1. The van der Waals surface area contributed by atoms with Gasteiger partial charge in [0.1, 0.15) is 0 Å². The lowest BCUT2D eigenvalue weighted by molar-refractivity contribution is -0.124. The normalized spacial score (nSPS) is 17.1. The number of thiol groups is 1. The molecule has 3 atom stereocenters. The molecule has 0 heterocycles. The van der Waals surface area contributed by atoms with E-state index in [1.165, 1.54) is 0 Å². The monoisotopic (exact) mass is 291 g/mol. The van der Waals surface area contributed by atoms with Crippen molar-refractivity contribution in [2.24, 2.45) is 17.3 Å². The Bertz CT molecular complexity index is 249. The van der Waals surface area contributed by atoms with Crippen LogP contribution < -0.4 is 5.32 Å². The largest absolute Gasteiger partial charge is 0.355 e. The van der Waals surface area contributed by atoms with Gasteiger partial charge in [0, 0.05) is 23.5 Å². The van der Waals surface area contributed by atoms with E-state index in [9.17, 15) is 4.79 Å². The highest BCUT2D eigenvalue weighted by atomic mass is 32.2. The van der Waals surface area contributed by atoms with E-state index in [0.717, 1.165) is 18.1 Å². The molecule has 0 fully saturated rings. The Morgan fingerprint density at radius 1 is 1.22 bits per heavy atom. The first-order valence-corrected chi connectivity index (χ1v) is 8.34. The lowest BCUT2D eigenvalue weighted by atomic mass is 9.97. The Morgan fingerprint density at radius 3 is 2.22 bits per heavy atom. The number of amides is 1. The number of carbonyl (C=O) groups excluding carboxylic acids is 1. The van der Waals surface area contributed by atoms with Gasteiger partial charge in [-0.15, -0.1) is 0 Å². The second-order valence-electron chi connectivity index (χ2n) is 6.43. The highest BCUT2D eigenvalue weighted by molar-refractivity contribution is 7.99. The van der Waals surface area contributed by atoms with Crippen molar-refractivity contribution in [1.29, 1.82) is 0 Å². The molecule has 1 amide bonds. The summed E-state index contributed by atoms with van der Waals surface area (Å²) in [7, 11) is 0. The zero-order valence-corrected chi connectivity index (χ0v) is 14.3. The highest BCUT2D eigenvalue weighted by Crippen LogP contribution is 2.18. The van der Waals surface area contributed by atoms with Crippen molar-refractivity contribution in [2.45, 2.75) is 46.8 Å². The van der Waals surface area contributed by atoms with Gasteiger partial charge < -0.3 is 5.32 Å². The summed E-state index contributed by atoms with van der Waals surface area (Å²) in [5, 5.41) is 3.43. The maximum atomic E-state index is 11.9. The van der Waals surface area contributed by atoms with Crippen molar-refractivity contribution in [3.63, 3.8) is 0 Å². The number of rotatable bonds is 7. The Kier molecular flexibility index (Phi) is 8.44. The van der Waals surface area contributed by atoms with Gasteiger partial charge in [0.15, 0.2) is 0 Å². The fraction of sp³-hybridized carbons (Fsp3) is 0.929. The first kappa shape index (κ1) is 18.2. The van der Waals surface area contributed by atoms with Crippen molar-refractivity contribution in [2.75, 3.05) is 18.1 Å². The van der Waals surface area contributed by atoms with Crippen LogP contribution in [0.25, 0.3) is 0 Å². The average molecular weight is 292 g/mol. The third-order valence-electron chi connectivity index (χ3n) is 2.81. The van der Waals surface area contributed by atoms with Gasteiger partial charge in [-0.3, -0.25) is 4.79 Å². The first-order valence-electron chi connectivity index (χ1n) is 6.67. The molecule has 0 aromatic carbocycles. The predicted octanol–water partition coefficient (Wildman–Crippen LogP) is 3.47. The average Bonchev–Trinajstić information content (AvgIpc) is 2.24. The van der Waals surface area contributed by atoms with Crippen LogP contribution in [-0.4, -0.2) is 29.2 Å². The summed E-state index contributed by atoms with van der Waals surface area (Å²) in [4.78, 5) is 11.9. The van der Waals surface area contributed by atoms with Crippen molar-refractivity contribution in [1.82, 2.24) is 5.32 Å². The number of nitrogens with one attached hydrogen (secondary N) is 1. The molecule has 0 radical (unpaired) electrons. The molecule has 0 rings (SSSR count). The van der Waals surface area contributed by atoms with E-state index >= 15 is 0 Å². The third kappa shape index (κ3) is 9.15. The summed E-state index contributed by atoms with van der Waals surface area (Å²) in [5.74, 6) is 2.80. The highest BCUT2D eigenvalue weighted by Gasteiger charge is 2.17. The maximum absolute atomic E-state index is 11.9. The lowest BCUT2D eigenvalue weighted by Crippen LogP contribution is -2.36. The second-order valence-corrected chi connectivity index (χ2v) is 8.32. The van der Waals surface area contributed by atoms with E-state index in [0.29, 0.717) is 11.2 Å². The van der Waals surface area contributed by atoms with Gasteiger partial charge in [0.05, 0.1) is 0 Å². The SMILES string of the molecule is CC(CSCC(C)C(C)S)C(=O)NCC(C)(C)C. The Labute approximate surface area is 122 Å². The minimum atomic E-state index is 0.0831. The molecular weight excluding hydrogens is 262 g/mol. The summed E-state index contributed by atoms with van der Waals surface area (Å²) in [6.07, 6.45) is 0. The molecule has 0 aromatic rings. The zero-order valence-electron chi connectivity index (χ0n) is 12.6. The van der Waals surface area contributed by atoms with Crippen molar-refractivity contribution >= 4 is 30.3 Å². The van der Waals surface area contributed by atoms with Gasteiger partial charge in [-0.05, 0) is 17.1 Å². The standard InChI is InChI=1S/C14H29NOS2/c1-10(12(3)17)7-18-8-11(2)13(16)15-9-14(4,5)6/h10-12,17H,7-9H2,1-6H3,(H,15,16). The van der Waals surface area contributed by atoms with Gasteiger partial charge in [0.25, 0.3) is 0 Å². The molecule has 0 saturated carbocycles. The van der Waals surface area contributed by atoms with E-state index in [-0.39, 0.29) is 17.2 Å². The summed E-state index contributed by atoms with van der Waals surface area (Å²) in [6.45, 7) is 13.4. The Morgan fingerprint density at radius 2 is 1.78 bits per heavy atom. The lowest BCUT2D eigenvalue weighted by Gasteiger charge is -2.21. The van der Waals surface area contributed by atoms with Gasteiger partial charge in [-0.1, -0.05) is 41.5 Å². The molecule has 0 bridgehead atoms. The minimum absolute atomic E-state index is 0.0831. The molecule has 0 spiro atoms. The molecule has 1 N–H and O–H groups in total. The smallest absolute Gasteiger partial charge is 0.223 e. The maximum Gasteiger partial charge on any atom is 0.223 e. The van der Waals surface area contributed by atoms with Crippen LogP contribution in [-0.2, 0) is 4.79 Å². The molecule has 0 aromatic heterocycles. The van der Waals surface area contributed by atoms with Gasteiger partial charge in [0.2, 0.25) is 5.91 Å². The van der Waals surface area contributed by atoms with E-state index in [2.05, 4.69) is 52.6 Å². The topological polar surface area (TPSA) is 29.1 Å². The number of hydrogen-bond acceptors (Lipinski definition) is 3. The van der Waals surface area contributed by atoms with Gasteiger partial charge in [-0.25, -0.2) is 0 Å². The zero-order chi connectivity index (χ0) is 14.3. The molecule has 0 aliphatic rings.